The smallest absolute Gasteiger partial charge is 0.262 e. The summed E-state index contributed by atoms with van der Waals surface area (Å²) in [7, 11) is 1.62. The lowest BCUT2D eigenvalue weighted by Crippen LogP contribution is -2.05. The molecule has 4 aromatic rings. The molecule has 0 radical (unpaired) electrons. The topological polar surface area (TPSA) is 68.1 Å². The Balaban J connectivity index is 0.000000359. The molecule has 1 saturated carbocycles. The lowest BCUT2D eigenvalue weighted by molar-refractivity contribution is 0.415. The van der Waals surface area contributed by atoms with Gasteiger partial charge in [-0.1, -0.05) is 74.6 Å². The van der Waals surface area contributed by atoms with E-state index in [0.717, 1.165) is 22.4 Å². The van der Waals surface area contributed by atoms with Crippen molar-refractivity contribution in [2.24, 2.45) is 0 Å². The third-order valence-electron chi connectivity index (χ3n) is 5.16. The molecule has 1 N–H and O–H groups in total. The Morgan fingerprint density at radius 3 is 2.17 bits per heavy atom. The summed E-state index contributed by atoms with van der Waals surface area (Å²) in [6.45, 7) is 0. The molecule has 0 unspecified atom stereocenters. The molecule has 5 rings (SSSR count). The van der Waals surface area contributed by atoms with Crippen LogP contribution in [0.3, 0.4) is 0 Å². The van der Waals surface area contributed by atoms with Gasteiger partial charge in [0, 0.05) is 11.1 Å². The molecule has 2 heterocycles. The maximum atomic E-state index is 12.4. The summed E-state index contributed by atoms with van der Waals surface area (Å²) in [5, 5.41) is 0.446. The van der Waals surface area contributed by atoms with Crippen molar-refractivity contribution in [3.63, 3.8) is 0 Å². The van der Waals surface area contributed by atoms with Gasteiger partial charge in [0.15, 0.2) is 0 Å². The standard InChI is InChI=1S/C19H14N2O3.C5H10/c1-23-14-9-7-12(8-10-14)15-16-18(22)20-11-21-19(16)24-17(15)13-5-3-2-4-6-13;1-2-4-5-3-1/h2-11H,1H3,(H,20,21,22);1-5H2. The van der Waals surface area contributed by atoms with E-state index in [9.17, 15) is 4.79 Å². The predicted molar refractivity (Wildman–Crippen MR) is 115 cm³/mol. The highest BCUT2D eigenvalue weighted by Gasteiger charge is 2.20. The zero-order chi connectivity index (χ0) is 20.1. The molecular weight excluding hydrogens is 364 g/mol. The Morgan fingerprint density at radius 1 is 0.897 bits per heavy atom. The van der Waals surface area contributed by atoms with Crippen LogP contribution < -0.4 is 10.3 Å². The van der Waals surface area contributed by atoms with Crippen molar-refractivity contribution in [1.82, 2.24) is 9.97 Å². The number of H-pyrrole nitrogens is 1. The number of benzene rings is 2. The van der Waals surface area contributed by atoms with Crippen LogP contribution >= 0.6 is 0 Å². The number of hydrogen-bond acceptors (Lipinski definition) is 4. The van der Waals surface area contributed by atoms with Crippen molar-refractivity contribution < 1.29 is 9.15 Å². The molecule has 2 aromatic heterocycles. The van der Waals surface area contributed by atoms with Gasteiger partial charge in [0.05, 0.1) is 13.4 Å². The minimum Gasteiger partial charge on any atom is -0.497 e. The van der Waals surface area contributed by atoms with Crippen molar-refractivity contribution in [1.29, 1.82) is 0 Å². The lowest BCUT2D eigenvalue weighted by Gasteiger charge is -2.05. The van der Waals surface area contributed by atoms with Crippen LogP contribution in [0.4, 0.5) is 0 Å². The highest BCUT2D eigenvalue weighted by Crippen LogP contribution is 2.38. The first kappa shape index (κ1) is 19.0. The number of ether oxygens (including phenoxy) is 1. The molecule has 1 aliphatic rings. The van der Waals surface area contributed by atoms with Crippen LogP contribution in [0.25, 0.3) is 33.6 Å². The first-order valence-corrected chi connectivity index (χ1v) is 9.98. The summed E-state index contributed by atoms with van der Waals surface area (Å²) in [5.41, 5.74) is 2.58. The average molecular weight is 388 g/mol. The third kappa shape index (κ3) is 4.09. The van der Waals surface area contributed by atoms with E-state index in [1.165, 1.54) is 38.4 Å². The maximum Gasteiger partial charge on any atom is 0.262 e. The zero-order valence-electron chi connectivity index (χ0n) is 16.5. The van der Waals surface area contributed by atoms with Crippen LogP contribution in [0.5, 0.6) is 5.75 Å². The second-order valence-electron chi connectivity index (χ2n) is 7.08. The molecule has 5 nitrogen and oxygen atoms in total. The van der Waals surface area contributed by atoms with E-state index in [-0.39, 0.29) is 5.56 Å². The summed E-state index contributed by atoms with van der Waals surface area (Å²) >= 11 is 0. The van der Waals surface area contributed by atoms with Gasteiger partial charge in [0.1, 0.15) is 16.9 Å². The Kier molecular flexibility index (Phi) is 5.75. The van der Waals surface area contributed by atoms with Gasteiger partial charge in [0.2, 0.25) is 5.71 Å². The van der Waals surface area contributed by atoms with Crippen molar-refractivity contribution in [2.45, 2.75) is 32.1 Å². The van der Waals surface area contributed by atoms with E-state index in [4.69, 9.17) is 9.15 Å². The number of aromatic amines is 1. The number of furan rings is 1. The third-order valence-corrected chi connectivity index (χ3v) is 5.16. The fourth-order valence-corrected chi connectivity index (χ4v) is 3.65. The fourth-order valence-electron chi connectivity index (χ4n) is 3.65. The number of nitrogens with zero attached hydrogens (tertiary/aromatic N) is 1. The number of nitrogens with one attached hydrogen (secondary N) is 1. The van der Waals surface area contributed by atoms with Crippen molar-refractivity contribution >= 4 is 11.1 Å². The largest absolute Gasteiger partial charge is 0.497 e. The Morgan fingerprint density at radius 2 is 1.55 bits per heavy atom. The molecule has 1 fully saturated rings. The number of fused-ring (bicyclic) bond motifs is 1. The monoisotopic (exact) mass is 388 g/mol. The lowest BCUT2D eigenvalue weighted by atomic mass is 9.99. The van der Waals surface area contributed by atoms with Gasteiger partial charge in [-0.25, -0.2) is 4.98 Å². The van der Waals surface area contributed by atoms with E-state index in [1.54, 1.807) is 7.11 Å². The molecule has 5 heteroatoms. The quantitative estimate of drug-likeness (QED) is 0.481. The van der Waals surface area contributed by atoms with E-state index in [2.05, 4.69) is 9.97 Å². The SMILES string of the molecule is C1CCCC1.COc1ccc(-c2c(-c3ccccc3)oc3nc[nH]c(=O)c23)cc1. The van der Waals surface area contributed by atoms with Gasteiger partial charge >= 0.3 is 0 Å². The van der Waals surface area contributed by atoms with Gasteiger partial charge in [0.25, 0.3) is 5.56 Å². The minimum absolute atomic E-state index is 0.225. The van der Waals surface area contributed by atoms with Crippen LogP contribution in [-0.2, 0) is 0 Å². The zero-order valence-corrected chi connectivity index (χ0v) is 16.5. The number of methoxy groups -OCH3 is 1. The van der Waals surface area contributed by atoms with Crippen molar-refractivity contribution in [3.8, 4) is 28.2 Å². The van der Waals surface area contributed by atoms with Crippen LogP contribution in [0.2, 0.25) is 0 Å². The Labute approximate surface area is 169 Å². The maximum absolute atomic E-state index is 12.4. The van der Waals surface area contributed by atoms with E-state index in [1.807, 2.05) is 54.6 Å². The number of rotatable bonds is 3. The molecule has 1 aliphatic carbocycles. The normalized spacial score (nSPS) is 13.1. The highest BCUT2D eigenvalue weighted by atomic mass is 16.5. The molecule has 0 bridgehead atoms. The van der Waals surface area contributed by atoms with Gasteiger partial charge in [-0.2, -0.15) is 0 Å². The summed E-state index contributed by atoms with van der Waals surface area (Å²) in [4.78, 5) is 19.1. The van der Waals surface area contributed by atoms with Crippen molar-refractivity contribution in [2.75, 3.05) is 7.11 Å². The summed E-state index contributed by atoms with van der Waals surface area (Å²) < 4.78 is 11.1. The Hall–Kier alpha value is -3.34. The van der Waals surface area contributed by atoms with Gasteiger partial charge in [-0.3, -0.25) is 4.79 Å². The molecule has 29 heavy (non-hydrogen) atoms. The molecule has 0 atom stereocenters. The van der Waals surface area contributed by atoms with E-state index >= 15 is 0 Å². The minimum atomic E-state index is -0.225. The summed E-state index contributed by atoms with van der Waals surface area (Å²) in [6, 6.07) is 17.2. The summed E-state index contributed by atoms with van der Waals surface area (Å²) in [5.74, 6) is 1.37. The molecule has 148 valence electrons. The average Bonchev–Trinajstić information content (AvgIpc) is 3.47. The molecule has 2 aromatic carbocycles. The second kappa shape index (κ2) is 8.78. The first-order chi connectivity index (χ1) is 14.3. The fraction of sp³-hybridized carbons (Fsp3) is 0.250. The molecule has 0 aliphatic heterocycles. The number of aromatic nitrogens is 2. The first-order valence-electron chi connectivity index (χ1n) is 9.98. The molecule has 0 spiro atoms. The van der Waals surface area contributed by atoms with Crippen LogP contribution in [0.15, 0.2) is 70.1 Å². The Bertz CT molecular complexity index is 1120. The van der Waals surface area contributed by atoms with Crippen LogP contribution in [0.1, 0.15) is 32.1 Å². The second-order valence-corrected chi connectivity index (χ2v) is 7.08. The van der Waals surface area contributed by atoms with Gasteiger partial charge < -0.3 is 14.1 Å². The van der Waals surface area contributed by atoms with Gasteiger partial charge in [-0.15, -0.1) is 0 Å². The van der Waals surface area contributed by atoms with Crippen LogP contribution in [-0.4, -0.2) is 17.1 Å². The summed E-state index contributed by atoms with van der Waals surface area (Å²) in [6.07, 6.45) is 8.85. The van der Waals surface area contributed by atoms with E-state index < -0.39 is 0 Å². The molecule has 0 amide bonds. The molecular formula is C24H24N2O3. The highest BCUT2D eigenvalue weighted by molar-refractivity contribution is 5.99. The predicted octanol–water partition coefficient (Wildman–Crippen LogP) is 5.81. The number of hydrogen-bond donors (Lipinski definition) is 1. The van der Waals surface area contributed by atoms with E-state index in [0.29, 0.717) is 16.9 Å². The van der Waals surface area contributed by atoms with Gasteiger partial charge in [-0.05, 0) is 17.7 Å². The van der Waals surface area contributed by atoms with Crippen LogP contribution in [0, 0.1) is 0 Å². The molecule has 0 saturated heterocycles. The van der Waals surface area contributed by atoms with Crippen molar-refractivity contribution in [3.05, 3.63) is 71.3 Å².